The van der Waals surface area contributed by atoms with Crippen LogP contribution in [0.3, 0.4) is 0 Å². The summed E-state index contributed by atoms with van der Waals surface area (Å²) in [6.07, 6.45) is 0. The number of carbonyl (C=O) groups excluding carboxylic acids is 1. The quantitative estimate of drug-likeness (QED) is 0.531. The first-order valence-corrected chi connectivity index (χ1v) is 8.37. The van der Waals surface area contributed by atoms with Gasteiger partial charge in [0.2, 0.25) is 0 Å². The van der Waals surface area contributed by atoms with Gasteiger partial charge in [0.15, 0.2) is 0 Å². The van der Waals surface area contributed by atoms with Gasteiger partial charge in [0.05, 0.1) is 20.7 Å². The molecule has 0 saturated heterocycles. The molecule has 4 nitrogen and oxygen atoms in total. The number of hydrogen-bond acceptors (Lipinski definition) is 4. The maximum Gasteiger partial charge on any atom is 0.345 e. The number of benzene rings is 2. The van der Waals surface area contributed by atoms with Crippen molar-refractivity contribution < 1.29 is 13.6 Å². The number of amides is 1. The van der Waals surface area contributed by atoms with Crippen LogP contribution in [0.4, 0.5) is 10.1 Å². The summed E-state index contributed by atoms with van der Waals surface area (Å²) in [5.74, 6) is -0.982. The van der Waals surface area contributed by atoms with Crippen molar-refractivity contribution in [3.8, 4) is 0 Å². The third kappa shape index (κ3) is 2.70. The number of halogens is 1. The minimum absolute atomic E-state index is 0.0951. The van der Waals surface area contributed by atoms with Crippen LogP contribution in [0.25, 0.3) is 21.1 Å². The van der Waals surface area contributed by atoms with Gasteiger partial charge in [0.25, 0.3) is 5.91 Å². The molecule has 0 saturated carbocycles. The highest BCUT2D eigenvalue weighted by atomic mass is 32.1. The van der Waals surface area contributed by atoms with E-state index in [0.717, 1.165) is 10.9 Å². The molecule has 0 aliphatic heterocycles. The van der Waals surface area contributed by atoms with E-state index in [9.17, 15) is 14.0 Å². The van der Waals surface area contributed by atoms with Crippen LogP contribution in [0, 0.1) is 12.7 Å². The van der Waals surface area contributed by atoms with Crippen LogP contribution in [0.5, 0.6) is 0 Å². The van der Waals surface area contributed by atoms with E-state index in [4.69, 9.17) is 4.42 Å². The lowest BCUT2D eigenvalue weighted by atomic mass is 10.1. The van der Waals surface area contributed by atoms with Crippen molar-refractivity contribution >= 4 is 44.0 Å². The van der Waals surface area contributed by atoms with Gasteiger partial charge in [0, 0.05) is 5.39 Å². The average Bonchev–Trinajstić information content (AvgIpc) is 3.04. The predicted molar refractivity (Wildman–Crippen MR) is 97.0 cm³/mol. The summed E-state index contributed by atoms with van der Waals surface area (Å²) in [5.41, 5.74) is 1.10. The van der Waals surface area contributed by atoms with Crippen LogP contribution in [0.1, 0.15) is 15.2 Å². The monoisotopic (exact) mass is 353 g/mol. The summed E-state index contributed by atoms with van der Waals surface area (Å²) in [5, 5.41) is 3.66. The summed E-state index contributed by atoms with van der Waals surface area (Å²) < 4.78 is 19.7. The molecule has 0 fully saturated rings. The lowest BCUT2D eigenvalue weighted by Crippen LogP contribution is -2.11. The van der Waals surface area contributed by atoms with Gasteiger partial charge in [-0.3, -0.25) is 4.79 Å². The minimum Gasteiger partial charge on any atom is -0.422 e. The van der Waals surface area contributed by atoms with Crippen molar-refractivity contribution in [1.82, 2.24) is 0 Å². The zero-order valence-corrected chi connectivity index (χ0v) is 13.9. The fourth-order valence-electron chi connectivity index (χ4n) is 2.67. The summed E-state index contributed by atoms with van der Waals surface area (Å²) in [6, 6.07) is 12.9. The summed E-state index contributed by atoms with van der Waals surface area (Å²) in [6.45, 7) is 1.94. The highest BCUT2D eigenvalue weighted by molar-refractivity contribution is 7.21. The molecule has 1 amide bonds. The molecule has 25 heavy (non-hydrogen) atoms. The van der Waals surface area contributed by atoms with E-state index >= 15 is 0 Å². The summed E-state index contributed by atoms with van der Waals surface area (Å²) in [4.78, 5) is 24.9. The van der Waals surface area contributed by atoms with E-state index in [1.807, 2.05) is 19.1 Å². The molecule has 2 aromatic heterocycles. The molecule has 124 valence electrons. The zero-order chi connectivity index (χ0) is 17.6. The van der Waals surface area contributed by atoms with Crippen molar-refractivity contribution in [2.24, 2.45) is 0 Å². The Morgan fingerprint density at radius 1 is 1.12 bits per heavy atom. The van der Waals surface area contributed by atoms with Crippen LogP contribution in [-0.2, 0) is 0 Å². The van der Waals surface area contributed by atoms with E-state index in [1.165, 1.54) is 29.5 Å². The molecule has 2 heterocycles. The van der Waals surface area contributed by atoms with Crippen LogP contribution >= 0.6 is 11.3 Å². The molecule has 4 aromatic rings. The first-order chi connectivity index (χ1) is 12.0. The Hall–Kier alpha value is -2.99. The third-order valence-corrected chi connectivity index (χ3v) is 5.05. The van der Waals surface area contributed by atoms with E-state index in [-0.39, 0.29) is 5.69 Å². The molecule has 0 aliphatic rings. The van der Waals surface area contributed by atoms with Crippen molar-refractivity contribution in [3.63, 3.8) is 0 Å². The maximum atomic E-state index is 13.7. The molecule has 0 spiro atoms. The minimum atomic E-state index is -0.516. The molecule has 0 unspecified atom stereocenters. The van der Waals surface area contributed by atoms with Gasteiger partial charge in [-0.05, 0) is 37.3 Å². The Bertz CT molecular complexity index is 1190. The molecule has 0 aliphatic carbocycles. The Kier molecular flexibility index (Phi) is 3.62. The number of aryl methyl sites for hydroxylation is 1. The van der Waals surface area contributed by atoms with Gasteiger partial charge in [-0.2, -0.15) is 0 Å². The standard InChI is InChI=1S/C19H12FNO3S/c1-10-6-7-15-11(8-10)17-12(19(23)24-15)9-16(25-17)18(22)21-14-5-3-2-4-13(14)20/h2-9H,1H3,(H,21,22). The number of carbonyl (C=O) groups is 1. The molecule has 0 bridgehead atoms. The first kappa shape index (κ1) is 15.5. The van der Waals surface area contributed by atoms with E-state index < -0.39 is 17.3 Å². The van der Waals surface area contributed by atoms with E-state index in [0.29, 0.717) is 20.5 Å². The van der Waals surface area contributed by atoms with Crippen LogP contribution in [0.2, 0.25) is 0 Å². The SMILES string of the molecule is Cc1ccc2oc(=O)c3cc(C(=O)Nc4ccccc4F)sc3c2c1. The second kappa shape index (κ2) is 5.82. The average molecular weight is 353 g/mol. The van der Waals surface area contributed by atoms with Crippen molar-refractivity contribution in [2.45, 2.75) is 6.92 Å². The second-order valence-electron chi connectivity index (χ2n) is 5.68. The largest absolute Gasteiger partial charge is 0.422 e. The smallest absolute Gasteiger partial charge is 0.345 e. The third-order valence-electron chi connectivity index (χ3n) is 3.88. The predicted octanol–water partition coefficient (Wildman–Crippen LogP) is 4.71. The number of thiophene rings is 1. The van der Waals surface area contributed by atoms with Gasteiger partial charge in [-0.25, -0.2) is 9.18 Å². The number of anilines is 1. The lowest BCUT2D eigenvalue weighted by Gasteiger charge is -2.03. The Morgan fingerprint density at radius 2 is 1.92 bits per heavy atom. The van der Waals surface area contributed by atoms with E-state index in [2.05, 4.69) is 5.32 Å². The highest BCUT2D eigenvalue weighted by Gasteiger charge is 2.17. The highest BCUT2D eigenvalue weighted by Crippen LogP contribution is 2.31. The van der Waals surface area contributed by atoms with Crippen molar-refractivity contribution in [2.75, 3.05) is 5.32 Å². The number of nitrogens with one attached hydrogen (secondary N) is 1. The van der Waals surface area contributed by atoms with Gasteiger partial charge in [-0.15, -0.1) is 11.3 Å². The molecule has 2 aromatic carbocycles. The van der Waals surface area contributed by atoms with Crippen LogP contribution in [0.15, 0.2) is 57.7 Å². The van der Waals surface area contributed by atoms with Gasteiger partial charge in [0.1, 0.15) is 11.4 Å². The molecule has 0 atom stereocenters. The summed E-state index contributed by atoms with van der Waals surface area (Å²) >= 11 is 1.19. The normalized spacial score (nSPS) is 11.1. The van der Waals surface area contributed by atoms with Crippen LogP contribution < -0.4 is 10.9 Å². The zero-order valence-electron chi connectivity index (χ0n) is 13.1. The number of para-hydroxylation sites is 1. The molecule has 6 heteroatoms. The molecular formula is C19H12FNO3S. The fourth-order valence-corrected chi connectivity index (χ4v) is 3.73. The van der Waals surface area contributed by atoms with Crippen molar-refractivity contribution in [3.05, 3.63) is 75.2 Å². The molecule has 1 N–H and O–H groups in total. The van der Waals surface area contributed by atoms with Gasteiger partial charge < -0.3 is 9.73 Å². The fraction of sp³-hybridized carbons (Fsp3) is 0.0526. The lowest BCUT2D eigenvalue weighted by molar-refractivity contribution is 0.103. The Morgan fingerprint density at radius 3 is 2.72 bits per heavy atom. The van der Waals surface area contributed by atoms with Crippen LogP contribution in [-0.4, -0.2) is 5.91 Å². The van der Waals surface area contributed by atoms with E-state index in [1.54, 1.807) is 18.2 Å². The van der Waals surface area contributed by atoms with Crippen molar-refractivity contribution in [1.29, 1.82) is 0 Å². The summed E-state index contributed by atoms with van der Waals surface area (Å²) in [7, 11) is 0. The topological polar surface area (TPSA) is 59.3 Å². The second-order valence-corrected chi connectivity index (χ2v) is 6.73. The molecule has 4 rings (SSSR count). The molecular weight excluding hydrogens is 341 g/mol. The number of rotatable bonds is 2. The maximum absolute atomic E-state index is 13.7. The van der Waals surface area contributed by atoms with Gasteiger partial charge >= 0.3 is 5.63 Å². The first-order valence-electron chi connectivity index (χ1n) is 7.56. The number of fused-ring (bicyclic) bond motifs is 3. The Labute approximate surface area is 145 Å². The molecule has 0 radical (unpaired) electrons. The Balaban J connectivity index is 1.83. The number of hydrogen-bond donors (Lipinski definition) is 1. The van der Waals surface area contributed by atoms with Gasteiger partial charge in [-0.1, -0.05) is 23.8 Å².